The van der Waals surface area contributed by atoms with Crippen LogP contribution in [-0.4, -0.2) is 0 Å². The van der Waals surface area contributed by atoms with Crippen molar-refractivity contribution in [3.8, 4) is 0 Å². The molecule has 0 amide bonds. The molecule has 0 N–H and O–H groups in total. The molecule has 3 fully saturated rings. The van der Waals surface area contributed by atoms with Crippen molar-refractivity contribution in [1.82, 2.24) is 0 Å². The average Bonchev–Trinajstić information content (AvgIpc) is 2.86. The smallest absolute Gasteiger partial charge is 0.0140 e. The molecule has 0 heteroatoms. The van der Waals surface area contributed by atoms with Crippen LogP contribution in [0.15, 0.2) is 37.0 Å². The van der Waals surface area contributed by atoms with Gasteiger partial charge in [-0.25, -0.2) is 0 Å². The molecule has 0 bridgehead atoms. The first-order valence-electron chi connectivity index (χ1n) is 15.2. The fourth-order valence-electron chi connectivity index (χ4n) is 7.42. The molecule has 0 saturated heterocycles. The van der Waals surface area contributed by atoms with E-state index >= 15 is 0 Å². The molecule has 3 aliphatic rings. The fourth-order valence-corrected chi connectivity index (χ4v) is 7.42. The maximum Gasteiger partial charge on any atom is -0.0140 e. The molecule has 3 saturated carbocycles. The number of allylic oxidation sites excluding steroid dienone is 4. The molecule has 0 heterocycles. The largest absolute Gasteiger partial charge is 0.103 e. The Balaban J connectivity index is 1.38. The number of rotatable bonds is 13. The topological polar surface area (TPSA) is 0 Å². The van der Waals surface area contributed by atoms with E-state index in [1.54, 1.807) is 5.57 Å². The number of hydrogen-bond donors (Lipinski definition) is 0. The average molecular weight is 453 g/mol. The summed E-state index contributed by atoms with van der Waals surface area (Å²) in [6, 6.07) is 0. The van der Waals surface area contributed by atoms with Crippen molar-refractivity contribution in [2.24, 2.45) is 35.5 Å². The second-order valence-corrected chi connectivity index (χ2v) is 12.1. The van der Waals surface area contributed by atoms with E-state index in [9.17, 15) is 0 Å². The molecular weight excluding hydrogens is 396 g/mol. The fraction of sp³-hybridized carbons (Fsp3) is 0.818. The normalized spacial score (nSPS) is 33.2. The summed E-state index contributed by atoms with van der Waals surface area (Å²) in [6.07, 6.45) is 35.7. The summed E-state index contributed by atoms with van der Waals surface area (Å²) in [4.78, 5) is 0. The molecule has 0 radical (unpaired) electrons. The molecule has 3 rings (SSSR count). The van der Waals surface area contributed by atoms with Gasteiger partial charge in [0, 0.05) is 0 Å². The summed E-state index contributed by atoms with van der Waals surface area (Å²) in [5, 5.41) is 0. The van der Waals surface area contributed by atoms with E-state index < -0.39 is 0 Å². The zero-order valence-corrected chi connectivity index (χ0v) is 22.3. The minimum Gasteiger partial charge on any atom is -0.103 e. The summed E-state index contributed by atoms with van der Waals surface area (Å²) in [6.45, 7) is 11.0. The molecule has 0 aliphatic heterocycles. The highest BCUT2D eigenvalue weighted by Gasteiger charge is 2.31. The standard InChI is InChI=1S/C33H56/c1-4-6-8-14-30-23-25-31(26-24-30)27(3)33-18-12-11-17-32(33)16-10-9-15-29-21-19-28(20-22-29)13-7-5-2/h5,10,16,28-33H,2-4,6-9,11-15,17-26H2,1H3/b16-10+. The summed E-state index contributed by atoms with van der Waals surface area (Å²) >= 11 is 0. The van der Waals surface area contributed by atoms with Crippen molar-refractivity contribution in [1.29, 1.82) is 0 Å². The first kappa shape index (κ1) is 26.8. The van der Waals surface area contributed by atoms with E-state index in [1.807, 2.05) is 0 Å². The van der Waals surface area contributed by atoms with Crippen LogP contribution in [0, 0.1) is 35.5 Å². The molecule has 2 atom stereocenters. The number of unbranched alkanes of at least 4 members (excludes halogenated alkanes) is 2. The third-order valence-corrected chi connectivity index (χ3v) is 9.75. The summed E-state index contributed by atoms with van der Waals surface area (Å²) in [5.41, 5.74) is 1.65. The first-order valence-corrected chi connectivity index (χ1v) is 15.2. The van der Waals surface area contributed by atoms with Gasteiger partial charge in [-0.3, -0.25) is 0 Å². The monoisotopic (exact) mass is 452 g/mol. The lowest BCUT2D eigenvalue weighted by molar-refractivity contribution is 0.242. The van der Waals surface area contributed by atoms with E-state index in [0.29, 0.717) is 0 Å². The zero-order chi connectivity index (χ0) is 23.3. The van der Waals surface area contributed by atoms with Crippen molar-refractivity contribution >= 4 is 0 Å². The second-order valence-electron chi connectivity index (χ2n) is 12.1. The molecule has 188 valence electrons. The first-order chi connectivity index (χ1) is 16.2. The van der Waals surface area contributed by atoms with Crippen LogP contribution in [0.4, 0.5) is 0 Å². The lowest BCUT2D eigenvalue weighted by Gasteiger charge is -2.37. The van der Waals surface area contributed by atoms with E-state index in [1.165, 1.54) is 128 Å². The lowest BCUT2D eigenvalue weighted by atomic mass is 9.68. The van der Waals surface area contributed by atoms with Crippen LogP contribution in [0.1, 0.15) is 135 Å². The van der Waals surface area contributed by atoms with Gasteiger partial charge in [0.2, 0.25) is 0 Å². The van der Waals surface area contributed by atoms with Crippen molar-refractivity contribution < 1.29 is 0 Å². The molecule has 0 aromatic heterocycles. The van der Waals surface area contributed by atoms with Gasteiger partial charge in [0.15, 0.2) is 0 Å². The Kier molecular flexibility index (Phi) is 12.4. The number of hydrogen-bond acceptors (Lipinski definition) is 0. The van der Waals surface area contributed by atoms with Crippen LogP contribution in [0.3, 0.4) is 0 Å². The minimum absolute atomic E-state index is 0.775. The van der Waals surface area contributed by atoms with Gasteiger partial charge in [-0.15, -0.1) is 6.58 Å². The molecule has 0 aromatic carbocycles. The second kappa shape index (κ2) is 15.3. The molecule has 2 unspecified atom stereocenters. The third kappa shape index (κ3) is 9.07. The highest BCUT2D eigenvalue weighted by Crippen LogP contribution is 2.44. The maximum atomic E-state index is 4.74. The van der Waals surface area contributed by atoms with E-state index in [2.05, 4.69) is 31.7 Å². The van der Waals surface area contributed by atoms with Gasteiger partial charge in [-0.05, 0) is 99.7 Å². The Labute approximate surface area is 207 Å². The van der Waals surface area contributed by atoms with Gasteiger partial charge >= 0.3 is 0 Å². The Morgan fingerprint density at radius 1 is 0.727 bits per heavy atom. The third-order valence-electron chi connectivity index (χ3n) is 9.75. The molecule has 3 aliphatic carbocycles. The molecular formula is C33H56. The van der Waals surface area contributed by atoms with Crippen molar-refractivity contribution in [3.63, 3.8) is 0 Å². The Bertz CT molecular complexity index is 567. The van der Waals surface area contributed by atoms with Crippen molar-refractivity contribution in [2.45, 2.75) is 135 Å². The maximum absolute atomic E-state index is 4.74. The Morgan fingerprint density at radius 2 is 1.33 bits per heavy atom. The molecule has 0 spiro atoms. The van der Waals surface area contributed by atoms with E-state index in [-0.39, 0.29) is 0 Å². The van der Waals surface area contributed by atoms with Gasteiger partial charge in [0.05, 0.1) is 0 Å². The van der Waals surface area contributed by atoms with Gasteiger partial charge < -0.3 is 0 Å². The van der Waals surface area contributed by atoms with Crippen LogP contribution in [0.5, 0.6) is 0 Å². The molecule has 0 nitrogen and oxygen atoms in total. The van der Waals surface area contributed by atoms with Crippen LogP contribution >= 0.6 is 0 Å². The van der Waals surface area contributed by atoms with Crippen molar-refractivity contribution in [2.75, 3.05) is 0 Å². The molecule has 0 aromatic rings. The SMILES string of the molecule is C=CCCC1CCC(CC/C=C/C2CCCCC2C(=C)C2CCC(CCCCC)CC2)CC1. The summed E-state index contributed by atoms with van der Waals surface area (Å²) in [5.74, 6) is 5.36. The van der Waals surface area contributed by atoms with Crippen LogP contribution < -0.4 is 0 Å². The zero-order valence-electron chi connectivity index (χ0n) is 22.3. The Hall–Kier alpha value is -0.780. The van der Waals surface area contributed by atoms with Crippen LogP contribution in [-0.2, 0) is 0 Å². The van der Waals surface area contributed by atoms with E-state index in [0.717, 1.165) is 35.5 Å². The highest BCUT2D eigenvalue weighted by atomic mass is 14.4. The summed E-state index contributed by atoms with van der Waals surface area (Å²) in [7, 11) is 0. The van der Waals surface area contributed by atoms with Gasteiger partial charge in [-0.2, -0.15) is 0 Å². The Morgan fingerprint density at radius 3 is 2.00 bits per heavy atom. The predicted octanol–water partition coefficient (Wildman–Crippen LogP) is 10.8. The van der Waals surface area contributed by atoms with Crippen LogP contribution in [0.25, 0.3) is 0 Å². The minimum atomic E-state index is 0.775. The van der Waals surface area contributed by atoms with Gasteiger partial charge in [-0.1, -0.05) is 102 Å². The predicted molar refractivity (Wildman–Crippen MR) is 147 cm³/mol. The van der Waals surface area contributed by atoms with Crippen LogP contribution in [0.2, 0.25) is 0 Å². The van der Waals surface area contributed by atoms with Gasteiger partial charge in [0.25, 0.3) is 0 Å². The lowest BCUT2D eigenvalue weighted by Crippen LogP contribution is -2.26. The van der Waals surface area contributed by atoms with Gasteiger partial charge in [0.1, 0.15) is 0 Å². The van der Waals surface area contributed by atoms with E-state index in [4.69, 9.17) is 6.58 Å². The van der Waals surface area contributed by atoms with Crippen molar-refractivity contribution in [3.05, 3.63) is 37.0 Å². The summed E-state index contributed by atoms with van der Waals surface area (Å²) < 4.78 is 0. The highest BCUT2D eigenvalue weighted by molar-refractivity contribution is 5.13. The quantitative estimate of drug-likeness (QED) is 0.192. The molecule has 33 heavy (non-hydrogen) atoms.